The molecular formula is C15H13BrClFN2O. The van der Waals surface area contributed by atoms with Gasteiger partial charge >= 0.3 is 0 Å². The van der Waals surface area contributed by atoms with E-state index in [0.29, 0.717) is 17.7 Å². The minimum Gasteiger partial charge on any atom is -0.334 e. The van der Waals surface area contributed by atoms with Crippen molar-refractivity contribution in [2.75, 3.05) is 6.54 Å². The van der Waals surface area contributed by atoms with Gasteiger partial charge < -0.3 is 4.90 Å². The molecule has 0 atom stereocenters. The lowest BCUT2D eigenvalue weighted by Crippen LogP contribution is -2.30. The zero-order valence-electron chi connectivity index (χ0n) is 11.3. The maximum absolute atomic E-state index is 13.8. The van der Waals surface area contributed by atoms with E-state index in [2.05, 4.69) is 20.9 Å². The third kappa shape index (κ3) is 4.02. The molecule has 0 N–H and O–H groups in total. The summed E-state index contributed by atoms with van der Waals surface area (Å²) in [5, 5.41) is 0.255. The number of pyridine rings is 1. The molecule has 6 heteroatoms. The fourth-order valence-corrected chi connectivity index (χ4v) is 2.50. The van der Waals surface area contributed by atoms with Crippen molar-refractivity contribution in [2.45, 2.75) is 13.5 Å². The lowest BCUT2D eigenvalue weighted by molar-refractivity contribution is 0.0751. The number of halogens is 3. The molecule has 2 aromatic rings. The van der Waals surface area contributed by atoms with Crippen LogP contribution in [0, 0.1) is 5.82 Å². The minimum atomic E-state index is -0.336. The maximum Gasteiger partial charge on any atom is 0.254 e. The molecule has 21 heavy (non-hydrogen) atoms. The second-order valence-corrected chi connectivity index (χ2v) is 5.73. The van der Waals surface area contributed by atoms with Crippen LogP contribution in [0.3, 0.4) is 0 Å². The van der Waals surface area contributed by atoms with E-state index in [0.717, 1.165) is 4.47 Å². The molecule has 0 aliphatic heterocycles. The quantitative estimate of drug-likeness (QED) is 0.751. The van der Waals surface area contributed by atoms with Crippen molar-refractivity contribution in [3.8, 4) is 0 Å². The number of nitrogens with zero attached hydrogens (tertiary/aromatic N) is 2. The molecule has 2 rings (SSSR count). The summed E-state index contributed by atoms with van der Waals surface area (Å²) in [4.78, 5) is 17.8. The highest BCUT2D eigenvalue weighted by molar-refractivity contribution is 9.10. The summed E-state index contributed by atoms with van der Waals surface area (Å²) >= 11 is 9.10. The summed E-state index contributed by atoms with van der Waals surface area (Å²) in [6.07, 6.45) is 1.48. The van der Waals surface area contributed by atoms with E-state index in [9.17, 15) is 9.18 Å². The van der Waals surface area contributed by atoms with Crippen molar-refractivity contribution in [1.82, 2.24) is 9.88 Å². The number of rotatable bonds is 4. The third-order valence-electron chi connectivity index (χ3n) is 3.01. The lowest BCUT2D eigenvalue weighted by Gasteiger charge is -2.21. The van der Waals surface area contributed by atoms with Crippen molar-refractivity contribution in [2.24, 2.45) is 0 Å². The fraction of sp³-hybridized carbons (Fsp3) is 0.200. The van der Waals surface area contributed by atoms with Gasteiger partial charge in [0.1, 0.15) is 11.0 Å². The summed E-state index contributed by atoms with van der Waals surface area (Å²) in [6, 6.07) is 7.77. The van der Waals surface area contributed by atoms with Crippen molar-refractivity contribution < 1.29 is 9.18 Å². The van der Waals surface area contributed by atoms with Gasteiger partial charge in [0.05, 0.1) is 0 Å². The number of carbonyl (C=O) groups is 1. The molecule has 0 bridgehead atoms. The molecule has 0 saturated heterocycles. The molecule has 0 radical (unpaired) electrons. The third-order valence-corrected chi connectivity index (χ3v) is 3.71. The highest BCUT2D eigenvalue weighted by Crippen LogP contribution is 2.18. The largest absolute Gasteiger partial charge is 0.334 e. The predicted octanol–water partition coefficient (Wildman–Crippen LogP) is 4.30. The summed E-state index contributed by atoms with van der Waals surface area (Å²) in [6.45, 7) is 2.50. The molecule has 1 aromatic heterocycles. The summed E-state index contributed by atoms with van der Waals surface area (Å²) in [5.74, 6) is -0.543. The minimum absolute atomic E-state index is 0.195. The van der Waals surface area contributed by atoms with Gasteiger partial charge in [-0.1, -0.05) is 27.5 Å². The second-order valence-electron chi connectivity index (χ2n) is 4.42. The Balaban J connectivity index is 2.23. The van der Waals surface area contributed by atoms with Gasteiger partial charge in [0.2, 0.25) is 0 Å². The smallest absolute Gasteiger partial charge is 0.254 e. The summed E-state index contributed by atoms with van der Waals surface area (Å²) < 4.78 is 14.6. The van der Waals surface area contributed by atoms with Crippen LogP contribution in [0.5, 0.6) is 0 Å². The number of benzene rings is 1. The molecule has 0 saturated carbocycles. The van der Waals surface area contributed by atoms with Crippen LogP contribution >= 0.6 is 27.5 Å². The molecule has 1 aromatic carbocycles. The van der Waals surface area contributed by atoms with Crippen molar-refractivity contribution >= 4 is 33.4 Å². The van der Waals surface area contributed by atoms with Crippen molar-refractivity contribution in [1.29, 1.82) is 0 Å². The zero-order valence-corrected chi connectivity index (χ0v) is 13.7. The average Bonchev–Trinajstić information content (AvgIpc) is 2.47. The van der Waals surface area contributed by atoms with Gasteiger partial charge in [-0.25, -0.2) is 9.37 Å². The normalized spacial score (nSPS) is 10.5. The number of aromatic nitrogens is 1. The average molecular weight is 372 g/mol. The Labute approximate surface area is 135 Å². The monoisotopic (exact) mass is 370 g/mol. The molecular weight excluding hydrogens is 359 g/mol. The van der Waals surface area contributed by atoms with Crippen LogP contribution in [0.4, 0.5) is 4.39 Å². The van der Waals surface area contributed by atoms with E-state index in [1.165, 1.54) is 18.3 Å². The van der Waals surface area contributed by atoms with Crippen LogP contribution in [0.2, 0.25) is 5.15 Å². The molecule has 0 aliphatic rings. The standard InChI is InChI=1S/C15H13BrClFN2O/c1-2-20(9-11-7-12(16)3-4-13(11)18)15(21)10-5-6-19-14(17)8-10/h3-8H,2,9H2,1H3. The highest BCUT2D eigenvalue weighted by Gasteiger charge is 2.17. The second kappa shape index (κ2) is 7.00. The SMILES string of the molecule is CCN(Cc1cc(Br)ccc1F)C(=O)c1ccnc(Cl)c1. The van der Waals surface area contributed by atoms with Crippen LogP contribution in [0.25, 0.3) is 0 Å². The fourth-order valence-electron chi connectivity index (χ4n) is 1.92. The van der Waals surface area contributed by atoms with Crippen LogP contribution in [-0.2, 0) is 6.54 Å². The van der Waals surface area contributed by atoms with Crippen LogP contribution in [0.15, 0.2) is 41.0 Å². The van der Waals surface area contributed by atoms with Crippen LogP contribution < -0.4 is 0 Å². The van der Waals surface area contributed by atoms with Gasteiger partial charge in [-0.05, 0) is 37.3 Å². The first-order valence-corrected chi connectivity index (χ1v) is 7.53. The molecule has 1 amide bonds. The van der Waals surface area contributed by atoms with E-state index in [-0.39, 0.29) is 23.4 Å². The van der Waals surface area contributed by atoms with Gasteiger partial charge in [-0.2, -0.15) is 0 Å². The Morgan fingerprint density at radius 1 is 1.38 bits per heavy atom. The molecule has 1 heterocycles. The van der Waals surface area contributed by atoms with E-state index < -0.39 is 0 Å². The van der Waals surface area contributed by atoms with Crippen LogP contribution in [0.1, 0.15) is 22.8 Å². The summed E-state index contributed by atoms with van der Waals surface area (Å²) in [7, 11) is 0. The molecule has 0 aliphatic carbocycles. The van der Waals surface area contributed by atoms with Gasteiger partial charge in [0.25, 0.3) is 5.91 Å². The molecule has 0 unspecified atom stereocenters. The number of hydrogen-bond donors (Lipinski definition) is 0. The van der Waals surface area contributed by atoms with E-state index in [1.807, 2.05) is 6.92 Å². The van der Waals surface area contributed by atoms with Gasteiger partial charge in [0, 0.05) is 34.9 Å². The van der Waals surface area contributed by atoms with Gasteiger partial charge in [0.15, 0.2) is 0 Å². The number of carbonyl (C=O) groups excluding carboxylic acids is 1. The molecule has 110 valence electrons. The van der Waals surface area contributed by atoms with Gasteiger partial charge in [-0.15, -0.1) is 0 Å². The van der Waals surface area contributed by atoms with E-state index in [1.54, 1.807) is 23.1 Å². The first-order valence-electron chi connectivity index (χ1n) is 6.36. The Hall–Kier alpha value is -1.46. The van der Waals surface area contributed by atoms with Crippen molar-refractivity contribution in [3.05, 3.63) is 63.1 Å². The maximum atomic E-state index is 13.8. The molecule has 0 spiro atoms. The summed E-state index contributed by atoms with van der Waals surface area (Å²) in [5.41, 5.74) is 0.895. The number of hydrogen-bond acceptors (Lipinski definition) is 2. The lowest BCUT2D eigenvalue weighted by atomic mass is 10.1. The molecule has 3 nitrogen and oxygen atoms in total. The first-order chi connectivity index (χ1) is 10.0. The first kappa shape index (κ1) is 15.9. The molecule has 0 fully saturated rings. The Morgan fingerprint density at radius 2 is 2.14 bits per heavy atom. The van der Waals surface area contributed by atoms with Gasteiger partial charge in [-0.3, -0.25) is 4.79 Å². The van der Waals surface area contributed by atoms with Crippen LogP contribution in [-0.4, -0.2) is 22.3 Å². The predicted molar refractivity (Wildman–Crippen MR) is 83.8 cm³/mol. The Morgan fingerprint density at radius 3 is 2.81 bits per heavy atom. The Kier molecular flexibility index (Phi) is 5.31. The number of amides is 1. The van der Waals surface area contributed by atoms with E-state index in [4.69, 9.17) is 11.6 Å². The van der Waals surface area contributed by atoms with E-state index >= 15 is 0 Å². The Bertz CT molecular complexity index is 666. The highest BCUT2D eigenvalue weighted by atomic mass is 79.9. The van der Waals surface area contributed by atoms with Crippen molar-refractivity contribution in [3.63, 3.8) is 0 Å². The zero-order chi connectivity index (χ0) is 15.4. The topological polar surface area (TPSA) is 33.2 Å².